The molecule has 4 amide bonds. The van der Waals surface area contributed by atoms with Crippen molar-refractivity contribution in [2.45, 2.75) is 77.0 Å². The van der Waals surface area contributed by atoms with E-state index in [1.54, 1.807) is 72.8 Å². The molecule has 22 nitrogen and oxygen atoms in total. The van der Waals surface area contributed by atoms with E-state index >= 15 is 0 Å². The van der Waals surface area contributed by atoms with Gasteiger partial charge in [0.05, 0.1) is 49.8 Å². The smallest absolute Gasteiger partial charge is 0.309 e. The number of methoxy groups -OCH3 is 2. The Morgan fingerprint density at radius 2 is 1.01 bits per heavy atom. The van der Waals surface area contributed by atoms with Gasteiger partial charge >= 0.3 is 11.9 Å². The summed E-state index contributed by atoms with van der Waals surface area (Å²) < 4.78 is 12.5. The molecular formula is C56H58Cl2N12O10. The summed E-state index contributed by atoms with van der Waals surface area (Å²) in [6.07, 6.45) is 13.2. The minimum Gasteiger partial charge on any atom is -0.469 e. The van der Waals surface area contributed by atoms with Crippen LogP contribution in [-0.2, 0) is 63.9 Å². The standard InChI is InChI=1S/2C28H29ClN6O5/c2*1-40-27(38)14-18-7-9-22-23(13-18)32-26(37)6-4-2-3-5-20(16-25(22)36)28(39)30-12-11-19-15-21(29)8-10-24(19)35-17-31-33-34-35/h2*2-3,7-10,13,15,17,20H,4-6,11-12,14,16H2,1H3,(H,30,39)(H,32,37)/b3-2+;3-2-. The van der Waals surface area contributed by atoms with E-state index in [1.807, 2.05) is 24.3 Å². The molecule has 4 N–H and O–H groups in total. The van der Waals surface area contributed by atoms with Gasteiger partial charge < -0.3 is 30.7 Å². The molecule has 0 bridgehead atoms. The number of nitrogens with zero attached hydrogens (tertiary/aromatic N) is 8. The topological polar surface area (TPSA) is 290 Å². The van der Waals surface area contributed by atoms with E-state index in [-0.39, 0.29) is 84.8 Å². The fourth-order valence-electron chi connectivity index (χ4n) is 8.85. The van der Waals surface area contributed by atoms with Gasteiger partial charge in [-0.3, -0.25) is 38.4 Å². The molecule has 24 heteroatoms. The maximum Gasteiger partial charge on any atom is 0.309 e. The van der Waals surface area contributed by atoms with E-state index in [2.05, 4.69) is 52.3 Å². The van der Waals surface area contributed by atoms with Crippen LogP contribution < -0.4 is 21.3 Å². The number of tetrazole rings is 2. The molecule has 2 unspecified atom stereocenters. The number of ether oxygens (including phenoxy) is 2. The molecule has 4 heterocycles. The van der Waals surface area contributed by atoms with Gasteiger partial charge in [0.25, 0.3) is 0 Å². The second-order valence-corrected chi connectivity index (χ2v) is 19.5. The van der Waals surface area contributed by atoms with E-state index in [9.17, 15) is 38.4 Å². The van der Waals surface area contributed by atoms with Gasteiger partial charge in [0.1, 0.15) is 12.7 Å². The zero-order valence-electron chi connectivity index (χ0n) is 43.9. The first-order chi connectivity index (χ1) is 38.7. The van der Waals surface area contributed by atoms with Gasteiger partial charge in [-0.25, -0.2) is 9.36 Å². The number of hydrogen-bond acceptors (Lipinski definition) is 16. The van der Waals surface area contributed by atoms with Gasteiger partial charge in [-0.2, -0.15) is 0 Å². The number of anilines is 2. The average molecular weight is 1130 g/mol. The lowest BCUT2D eigenvalue weighted by Gasteiger charge is -2.18. The van der Waals surface area contributed by atoms with Gasteiger partial charge in [0.15, 0.2) is 11.6 Å². The summed E-state index contributed by atoms with van der Waals surface area (Å²) in [5, 5.41) is 35.1. The van der Waals surface area contributed by atoms with Crippen molar-refractivity contribution in [1.82, 2.24) is 51.0 Å². The number of aromatic nitrogens is 8. The van der Waals surface area contributed by atoms with Crippen molar-refractivity contribution in [3.63, 3.8) is 0 Å². The first-order valence-electron chi connectivity index (χ1n) is 25.6. The summed E-state index contributed by atoms with van der Waals surface area (Å²) in [6.45, 7) is 0.623. The third-order valence-corrected chi connectivity index (χ3v) is 13.5. The van der Waals surface area contributed by atoms with Crippen molar-refractivity contribution in [2.75, 3.05) is 37.9 Å². The number of benzene rings is 4. The van der Waals surface area contributed by atoms with E-state index in [0.717, 1.165) is 22.5 Å². The molecule has 0 saturated carbocycles. The summed E-state index contributed by atoms with van der Waals surface area (Å²) in [6, 6.07) is 20.3. The minimum atomic E-state index is -0.611. The zero-order valence-corrected chi connectivity index (χ0v) is 45.4. The highest BCUT2D eigenvalue weighted by molar-refractivity contribution is 6.31. The van der Waals surface area contributed by atoms with Gasteiger partial charge in [0, 0.05) is 71.8 Å². The highest BCUT2D eigenvalue weighted by atomic mass is 35.5. The van der Waals surface area contributed by atoms with Crippen LogP contribution in [0.5, 0.6) is 0 Å². The monoisotopic (exact) mass is 1130 g/mol. The maximum atomic E-state index is 13.4. The Kier molecular flexibility index (Phi) is 21.6. The van der Waals surface area contributed by atoms with E-state index in [4.69, 9.17) is 32.7 Å². The second-order valence-electron chi connectivity index (χ2n) is 18.6. The molecule has 2 aliphatic heterocycles. The molecule has 416 valence electrons. The number of esters is 2. The molecule has 0 radical (unpaired) electrons. The fourth-order valence-corrected chi connectivity index (χ4v) is 9.24. The number of ketones is 2. The number of fused-ring (bicyclic) bond motifs is 2. The highest BCUT2D eigenvalue weighted by Gasteiger charge is 2.27. The Hall–Kier alpha value is -8.76. The van der Waals surface area contributed by atoms with Crippen LogP contribution in [-0.4, -0.2) is 115 Å². The van der Waals surface area contributed by atoms with Crippen LogP contribution in [0.1, 0.15) is 94.3 Å². The lowest BCUT2D eigenvalue weighted by Crippen LogP contribution is -2.33. The van der Waals surface area contributed by atoms with Crippen molar-refractivity contribution >= 4 is 81.7 Å². The van der Waals surface area contributed by atoms with Crippen LogP contribution in [0.4, 0.5) is 11.4 Å². The van der Waals surface area contributed by atoms with E-state index < -0.39 is 23.8 Å². The number of halogens is 2. The molecule has 80 heavy (non-hydrogen) atoms. The molecule has 6 aromatic rings. The lowest BCUT2D eigenvalue weighted by molar-refractivity contribution is -0.140. The molecule has 2 aliphatic rings. The predicted molar refractivity (Wildman–Crippen MR) is 294 cm³/mol. The third-order valence-electron chi connectivity index (χ3n) is 13.0. The summed E-state index contributed by atoms with van der Waals surface area (Å²) in [5.74, 6) is -3.67. The highest BCUT2D eigenvalue weighted by Crippen LogP contribution is 2.28. The normalized spacial score (nSPS) is 16.6. The first kappa shape index (κ1) is 58.9. The average Bonchev–Trinajstić information content (AvgIpc) is 4.19. The fraction of sp³-hybridized carbons (Fsp3) is 0.321. The predicted octanol–water partition coefficient (Wildman–Crippen LogP) is 6.52. The van der Waals surface area contributed by atoms with Crippen LogP contribution >= 0.6 is 23.2 Å². The van der Waals surface area contributed by atoms with Gasteiger partial charge in [-0.1, -0.05) is 59.6 Å². The van der Waals surface area contributed by atoms with Gasteiger partial charge in [0.2, 0.25) is 23.6 Å². The van der Waals surface area contributed by atoms with Crippen LogP contribution in [0.3, 0.4) is 0 Å². The molecule has 8 rings (SSSR count). The molecule has 2 atom stereocenters. The summed E-state index contributed by atoms with van der Waals surface area (Å²) in [5.41, 5.74) is 5.60. The number of allylic oxidation sites excluding steroid dienone is 4. The number of amides is 4. The number of nitrogens with one attached hydrogen (secondary N) is 4. The second kappa shape index (κ2) is 29.3. The number of hydrogen-bond donors (Lipinski definition) is 4. The summed E-state index contributed by atoms with van der Waals surface area (Å²) >= 11 is 12.4. The number of carbonyl (C=O) groups excluding carboxylic acids is 8. The Morgan fingerprint density at radius 1 is 0.588 bits per heavy atom. The van der Waals surface area contributed by atoms with Crippen molar-refractivity contribution in [2.24, 2.45) is 11.8 Å². The molecule has 4 aromatic carbocycles. The number of rotatable bonds is 14. The molecule has 0 saturated heterocycles. The SMILES string of the molecule is COC(=O)Cc1ccc2c(c1)NC(=O)CC/C=C/CC(C(=O)NCCc1cc(Cl)ccc1-n1cnnn1)CC2=O.COC(=O)Cc1ccc2c(c1)NC(=O)CC/C=C\CC(C(=O)NCCc1cc(Cl)ccc1-n1cnnn1)CC2=O. The van der Waals surface area contributed by atoms with E-state index in [0.29, 0.717) is 84.2 Å². The molecule has 0 fully saturated rings. The Labute approximate surface area is 470 Å². The molecule has 0 aliphatic carbocycles. The minimum absolute atomic E-state index is 0.00334. The van der Waals surface area contributed by atoms with Crippen molar-refractivity contribution < 1.29 is 47.8 Å². The maximum absolute atomic E-state index is 13.4. The van der Waals surface area contributed by atoms with Gasteiger partial charge in [-0.15, -0.1) is 10.2 Å². The Balaban J connectivity index is 0.000000231. The van der Waals surface area contributed by atoms with Crippen molar-refractivity contribution in [3.8, 4) is 11.4 Å². The largest absolute Gasteiger partial charge is 0.469 e. The van der Waals surface area contributed by atoms with E-state index in [1.165, 1.54) is 36.2 Å². The van der Waals surface area contributed by atoms with Crippen LogP contribution in [0.25, 0.3) is 11.4 Å². The van der Waals surface area contributed by atoms with Gasteiger partial charge in [-0.05, 0) is 142 Å². The van der Waals surface area contributed by atoms with Crippen LogP contribution in [0.15, 0.2) is 110 Å². The Bertz CT molecular complexity index is 3060. The van der Waals surface area contributed by atoms with Crippen molar-refractivity contribution in [1.29, 1.82) is 0 Å². The summed E-state index contributed by atoms with van der Waals surface area (Å²) in [7, 11) is 2.59. The first-order valence-corrected chi connectivity index (χ1v) is 26.4. The zero-order chi connectivity index (χ0) is 57.0. The molecule has 0 spiro atoms. The Morgan fingerprint density at radius 3 is 1.40 bits per heavy atom. The third kappa shape index (κ3) is 17.1. The number of carbonyl (C=O) groups is 8. The summed E-state index contributed by atoms with van der Waals surface area (Å²) in [4.78, 5) is 102. The quantitative estimate of drug-likeness (QED) is 0.0667. The molecular weight excluding hydrogens is 1070 g/mol. The lowest BCUT2D eigenvalue weighted by atomic mass is 9.92. The number of Topliss-reactive ketones (excluding diaryl/α,β-unsaturated/α-hetero) is 2. The van der Waals surface area contributed by atoms with Crippen LogP contribution in [0.2, 0.25) is 10.0 Å². The van der Waals surface area contributed by atoms with Crippen molar-refractivity contribution in [3.05, 3.63) is 153 Å². The molecule has 2 aromatic heterocycles. The van der Waals surface area contributed by atoms with Crippen LogP contribution in [0, 0.1) is 11.8 Å².